The lowest BCUT2D eigenvalue weighted by Crippen LogP contribution is -2.64. The molecule has 11 heteroatoms. The number of carboxylic acids is 1. The number of hydrogen-bond acceptors (Lipinski definition) is 6. The zero-order valence-electron chi connectivity index (χ0n) is 17.2. The van der Waals surface area contributed by atoms with Crippen molar-refractivity contribution in [3.05, 3.63) is 35.8 Å². The number of likely N-dealkylation sites (N-methyl/N-ethyl adjacent to an activating group) is 1. The number of aromatic nitrogens is 3. The first-order chi connectivity index (χ1) is 14.7. The van der Waals surface area contributed by atoms with E-state index in [1.807, 2.05) is 13.8 Å². The van der Waals surface area contributed by atoms with Crippen LogP contribution in [0.1, 0.15) is 37.0 Å². The van der Waals surface area contributed by atoms with Gasteiger partial charge in [-0.1, -0.05) is 5.21 Å². The van der Waals surface area contributed by atoms with E-state index in [4.69, 9.17) is 0 Å². The maximum atomic E-state index is 14.3. The van der Waals surface area contributed by atoms with Crippen LogP contribution in [0, 0.1) is 5.82 Å². The molecule has 1 aliphatic carbocycles. The van der Waals surface area contributed by atoms with Gasteiger partial charge < -0.3 is 20.4 Å². The Hall–Kier alpha value is -3.34. The fourth-order valence-electron chi connectivity index (χ4n) is 3.54. The molecule has 1 aromatic heterocycles. The van der Waals surface area contributed by atoms with Crippen molar-refractivity contribution in [1.29, 1.82) is 0 Å². The van der Waals surface area contributed by atoms with Crippen LogP contribution >= 0.6 is 0 Å². The normalized spacial score (nSPS) is 20.1. The molecule has 0 radical (unpaired) electrons. The van der Waals surface area contributed by atoms with E-state index in [0.717, 1.165) is 6.07 Å². The molecule has 1 saturated carbocycles. The van der Waals surface area contributed by atoms with Gasteiger partial charge in [-0.25, -0.2) is 13.9 Å². The predicted molar refractivity (Wildman–Crippen MR) is 106 cm³/mol. The van der Waals surface area contributed by atoms with Crippen molar-refractivity contribution in [2.24, 2.45) is 0 Å². The number of carbonyl (C=O) groups is 3. The second kappa shape index (κ2) is 8.80. The zero-order valence-corrected chi connectivity index (χ0v) is 17.2. The Morgan fingerprint density at radius 3 is 2.55 bits per heavy atom. The van der Waals surface area contributed by atoms with Gasteiger partial charge in [0.25, 0.3) is 5.91 Å². The van der Waals surface area contributed by atoms with Gasteiger partial charge >= 0.3 is 5.97 Å². The minimum Gasteiger partial charge on any atom is -0.480 e. The lowest BCUT2D eigenvalue weighted by atomic mass is 9.74. The number of hydrogen-bond donors (Lipinski definition) is 3. The van der Waals surface area contributed by atoms with Crippen LogP contribution in [-0.4, -0.2) is 72.6 Å². The highest BCUT2D eigenvalue weighted by Gasteiger charge is 2.51. The summed E-state index contributed by atoms with van der Waals surface area (Å²) in [6.07, 6.45) is 0.382. The van der Waals surface area contributed by atoms with Gasteiger partial charge in [0, 0.05) is 31.5 Å². The van der Waals surface area contributed by atoms with Crippen LogP contribution in [0.4, 0.5) is 4.39 Å². The fraction of sp³-hybridized carbons (Fsp3) is 0.450. The standard InChI is InChI=1S/C20H24FN5O5/c1-3-25(4-2)17(28)11-26-10-16(23-24-26)12-5-6-15(21)14(7-12)18(29)22-20(19(30)31)8-13(27)9-20/h5-7,10,13,27H,3-4,8-9,11H2,1-2H3,(H,22,29)(H,30,31). The smallest absolute Gasteiger partial charge is 0.329 e. The van der Waals surface area contributed by atoms with E-state index in [-0.39, 0.29) is 30.9 Å². The predicted octanol–water partition coefficient (Wildman–Crippen LogP) is 0.660. The highest BCUT2D eigenvalue weighted by atomic mass is 19.1. The van der Waals surface area contributed by atoms with Crippen molar-refractivity contribution in [1.82, 2.24) is 25.2 Å². The number of rotatable bonds is 8. The van der Waals surface area contributed by atoms with Crippen molar-refractivity contribution < 1.29 is 29.0 Å². The van der Waals surface area contributed by atoms with Crippen LogP contribution in [0.25, 0.3) is 11.3 Å². The van der Waals surface area contributed by atoms with Gasteiger partial charge in [0.05, 0.1) is 17.9 Å². The molecule has 0 spiro atoms. The summed E-state index contributed by atoms with van der Waals surface area (Å²) < 4.78 is 15.7. The summed E-state index contributed by atoms with van der Waals surface area (Å²) in [6.45, 7) is 4.88. The molecule has 0 aliphatic heterocycles. The number of amides is 2. The van der Waals surface area contributed by atoms with Crippen molar-refractivity contribution in [3.63, 3.8) is 0 Å². The molecule has 3 N–H and O–H groups in total. The molecule has 0 bridgehead atoms. The average molecular weight is 433 g/mol. The molecule has 1 fully saturated rings. The van der Waals surface area contributed by atoms with Crippen molar-refractivity contribution >= 4 is 17.8 Å². The summed E-state index contributed by atoms with van der Waals surface area (Å²) in [4.78, 5) is 37.9. The highest BCUT2D eigenvalue weighted by Crippen LogP contribution is 2.33. The molecule has 1 heterocycles. The van der Waals surface area contributed by atoms with Crippen LogP contribution < -0.4 is 5.32 Å². The third-order valence-electron chi connectivity index (χ3n) is 5.39. The van der Waals surface area contributed by atoms with Gasteiger partial charge in [0.1, 0.15) is 23.6 Å². The summed E-state index contributed by atoms with van der Waals surface area (Å²) in [5.74, 6) is -3.14. The topological polar surface area (TPSA) is 138 Å². The SMILES string of the molecule is CCN(CC)C(=O)Cn1cc(-c2ccc(F)c(C(=O)NC3(C(=O)O)CC(O)C3)c2)nn1. The number of carbonyl (C=O) groups excluding carboxylic acids is 2. The highest BCUT2D eigenvalue weighted by molar-refractivity contribution is 5.99. The van der Waals surface area contributed by atoms with Crippen LogP contribution in [0.15, 0.2) is 24.4 Å². The number of nitrogens with zero attached hydrogens (tertiary/aromatic N) is 4. The first-order valence-corrected chi connectivity index (χ1v) is 9.91. The molecule has 31 heavy (non-hydrogen) atoms. The summed E-state index contributed by atoms with van der Waals surface area (Å²) >= 11 is 0. The van der Waals surface area contributed by atoms with Crippen LogP contribution in [-0.2, 0) is 16.1 Å². The first kappa shape index (κ1) is 22.3. The molecule has 0 unspecified atom stereocenters. The zero-order chi connectivity index (χ0) is 22.8. The van der Waals surface area contributed by atoms with Crippen LogP contribution in [0.5, 0.6) is 0 Å². The number of benzene rings is 1. The van der Waals surface area contributed by atoms with Crippen molar-refractivity contribution in [2.75, 3.05) is 13.1 Å². The molecule has 1 aliphatic rings. The average Bonchev–Trinajstić information content (AvgIpc) is 3.16. The van der Waals surface area contributed by atoms with Crippen molar-refractivity contribution in [3.8, 4) is 11.3 Å². The molecule has 2 aromatic rings. The van der Waals surface area contributed by atoms with Gasteiger partial charge in [0.2, 0.25) is 5.91 Å². The van der Waals surface area contributed by atoms with E-state index in [2.05, 4.69) is 15.6 Å². The third kappa shape index (κ3) is 4.55. The number of carboxylic acid groups (broad SMARTS) is 1. The molecule has 1 aromatic carbocycles. The minimum absolute atomic E-state index is 0.00727. The molecule has 2 amide bonds. The van der Waals surface area contributed by atoms with E-state index in [1.54, 1.807) is 4.90 Å². The largest absolute Gasteiger partial charge is 0.480 e. The van der Waals surface area contributed by atoms with E-state index in [0.29, 0.717) is 24.3 Å². The number of aliphatic hydroxyl groups excluding tert-OH is 1. The van der Waals surface area contributed by atoms with Crippen LogP contribution in [0.3, 0.4) is 0 Å². The maximum absolute atomic E-state index is 14.3. The third-order valence-corrected chi connectivity index (χ3v) is 5.39. The molecular weight excluding hydrogens is 409 g/mol. The van der Waals surface area contributed by atoms with Crippen molar-refractivity contribution in [2.45, 2.75) is 44.9 Å². The Labute approximate surface area is 177 Å². The second-order valence-corrected chi connectivity index (χ2v) is 7.47. The molecule has 166 valence electrons. The number of aliphatic hydroxyl groups is 1. The lowest BCUT2D eigenvalue weighted by molar-refractivity contribution is -0.153. The Kier molecular flexibility index (Phi) is 6.34. The molecule has 0 atom stereocenters. The van der Waals surface area contributed by atoms with Gasteiger partial charge in [-0.2, -0.15) is 0 Å². The van der Waals surface area contributed by atoms with E-state index >= 15 is 0 Å². The van der Waals surface area contributed by atoms with E-state index in [1.165, 1.54) is 23.0 Å². The summed E-state index contributed by atoms with van der Waals surface area (Å²) in [5, 5.41) is 29.1. The maximum Gasteiger partial charge on any atom is 0.329 e. The monoisotopic (exact) mass is 433 g/mol. The number of halogens is 1. The minimum atomic E-state index is -1.62. The summed E-state index contributed by atoms with van der Waals surface area (Å²) in [7, 11) is 0. The Morgan fingerprint density at radius 1 is 1.29 bits per heavy atom. The summed E-state index contributed by atoms with van der Waals surface area (Å²) in [5.41, 5.74) is -1.26. The van der Waals surface area contributed by atoms with E-state index < -0.39 is 29.3 Å². The Morgan fingerprint density at radius 2 is 1.97 bits per heavy atom. The van der Waals surface area contributed by atoms with Crippen LogP contribution in [0.2, 0.25) is 0 Å². The molecule has 3 rings (SSSR count). The lowest BCUT2D eigenvalue weighted by Gasteiger charge is -2.42. The number of aliphatic carboxylic acids is 1. The molecule has 0 saturated heterocycles. The van der Waals surface area contributed by atoms with Gasteiger partial charge in [-0.3, -0.25) is 9.59 Å². The van der Waals surface area contributed by atoms with Gasteiger partial charge in [-0.15, -0.1) is 5.10 Å². The number of nitrogens with one attached hydrogen (secondary N) is 1. The summed E-state index contributed by atoms with van der Waals surface area (Å²) in [6, 6.07) is 3.73. The Balaban J connectivity index is 1.79. The molecule has 10 nitrogen and oxygen atoms in total. The quantitative estimate of drug-likeness (QED) is 0.556. The first-order valence-electron chi connectivity index (χ1n) is 9.91. The van der Waals surface area contributed by atoms with Gasteiger partial charge in [0.15, 0.2) is 0 Å². The van der Waals surface area contributed by atoms with E-state index in [9.17, 15) is 29.0 Å². The fourth-order valence-corrected chi connectivity index (χ4v) is 3.54. The molecular formula is C20H24FN5O5. The van der Waals surface area contributed by atoms with Gasteiger partial charge in [-0.05, 0) is 32.0 Å². The second-order valence-electron chi connectivity index (χ2n) is 7.47. The Bertz CT molecular complexity index is 998.